The summed E-state index contributed by atoms with van der Waals surface area (Å²) in [5, 5.41) is 10.0. The van der Waals surface area contributed by atoms with E-state index in [9.17, 15) is 5.11 Å². The molecule has 0 aromatic rings. The molecule has 2 rings (SSSR count). The van der Waals surface area contributed by atoms with Gasteiger partial charge in [-0.3, -0.25) is 0 Å². The van der Waals surface area contributed by atoms with E-state index in [0.29, 0.717) is 0 Å². The molecule has 3 nitrogen and oxygen atoms in total. The van der Waals surface area contributed by atoms with Gasteiger partial charge in [0, 0.05) is 22.9 Å². The Labute approximate surface area is 106 Å². The van der Waals surface area contributed by atoms with Crippen LogP contribution in [-0.4, -0.2) is 32.0 Å². The van der Waals surface area contributed by atoms with E-state index >= 15 is 0 Å². The van der Waals surface area contributed by atoms with Crippen LogP contribution in [0.4, 0.5) is 0 Å². The van der Waals surface area contributed by atoms with Crippen molar-refractivity contribution in [2.24, 2.45) is 0 Å². The molecule has 3 atom stereocenters. The average molecular weight is 258 g/mol. The molecule has 1 heterocycles. The van der Waals surface area contributed by atoms with Crippen LogP contribution in [0.15, 0.2) is 0 Å². The molecule has 1 N–H and O–H groups in total. The molecule has 17 heavy (non-hydrogen) atoms. The lowest BCUT2D eigenvalue weighted by Gasteiger charge is -2.53. The number of rotatable bonds is 0. The minimum Gasteiger partial charge on any atom is -0.390 e. The van der Waals surface area contributed by atoms with Crippen LogP contribution in [-0.2, 0) is 8.85 Å². The predicted octanol–water partition coefficient (Wildman–Crippen LogP) is 2.97. The number of hydrogen-bond acceptors (Lipinski definition) is 3. The summed E-state index contributed by atoms with van der Waals surface area (Å²) < 4.78 is 12.8. The lowest BCUT2D eigenvalue weighted by atomic mass is 10.2. The van der Waals surface area contributed by atoms with Gasteiger partial charge in [0.2, 0.25) is 0 Å². The van der Waals surface area contributed by atoms with Crippen LogP contribution in [0.5, 0.6) is 0 Å². The van der Waals surface area contributed by atoms with Crippen molar-refractivity contribution >= 4 is 8.56 Å². The van der Waals surface area contributed by atoms with Gasteiger partial charge in [-0.1, -0.05) is 41.5 Å². The Morgan fingerprint density at radius 3 is 1.88 bits per heavy atom. The molecule has 2 bridgehead atoms. The highest BCUT2D eigenvalue weighted by Crippen LogP contribution is 2.56. The Kier molecular flexibility index (Phi) is 3.02. The van der Waals surface area contributed by atoms with Gasteiger partial charge in [-0.05, 0) is 0 Å². The average Bonchev–Trinajstić information content (AvgIpc) is 2.36. The Morgan fingerprint density at radius 1 is 0.941 bits per heavy atom. The van der Waals surface area contributed by atoms with Crippen LogP contribution >= 0.6 is 0 Å². The van der Waals surface area contributed by atoms with Gasteiger partial charge in [-0.15, -0.1) is 0 Å². The van der Waals surface area contributed by atoms with Crippen molar-refractivity contribution in [3.63, 3.8) is 0 Å². The summed E-state index contributed by atoms with van der Waals surface area (Å²) in [6, 6.07) is 0. The van der Waals surface area contributed by atoms with Gasteiger partial charge in [0.05, 0.1) is 18.3 Å². The number of hydrogen-bond donors (Lipinski definition) is 1. The first-order valence-corrected chi connectivity index (χ1v) is 8.42. The molecule has 100 valence electrons. The quantitative estimate of drug-likeness (QED) is 0.679. The molecule has 0 radical (unpaired) electrons. The third-order valence-corrected chi connectivity index (χ3v) is 9.30. The summed E-state index contributed by atoms with van der Waals surface area (Å²) >= 11 is 0. The maximum Gasteiger partial charge on any atom is 0.349 e. The summed E-state index contributed by atoms with van der Waals surface area (Å²) in [4.78, 5) is 0. The van der Waals surface area contributed by atoms with Gasteiger partial charge in [0.25, 0.3) is 0 Å². The highest BCUT2D eigenvalue weighted by atomic mass is 28.4. The van der Waals surface area contributed by atoms with E-state index in [4.69, 9.17) is 8.85 Å². The largest absolute Gasteiger partial charge is 0.390 e. The summed E-state index contributed by atoms with van der Waals surface area (Å²) in [5.74, 6) is 0. The molecule has 4 heteroatoms. The molecular formula is C13H26O3Si. The Bertz CT molecular complexity index is 287. The molecule has 1 saturated heterocycles. The molecule has 1 saturated carbocycles. The summed E-state index contributed by atoms with van der Waals surface area (Å²) in [7, 11) is -2.35. The minimum atomic E-state index is -2.35. The van der Waals surface area contributed by atoms with Crippen molar-refractivity contribution in [1.29, 1.82) is 0 Å². The SMILES string of the molecule is CC(C)(C)[Si]1(C(C)(C)C)OC2C[C@H](C[C@@H]2O)O1. The maximum atomic E-state index is 9.98. The summed E-state index contributed by atoms with van der Waals surface area (Å²) in [6.07, 6.45) is 1.47. The second-order valence-electron chi connectivity index (χ2n) is 7.55. The van der Waals surface area contributed by atoms with E-state index < -0.39 is 8.56 Å². The van der Waals surface area contributed by atoms with Crippen LogP contribution in [0.2, 0.25) is 10.1 Å². The number of fused-ring (bicyclic) bond motifs is 2. The number of aliphatic hydroxyl groups excluding tert-OH is 1. The molecular weight excluding hydrogens is 232 g/mol. The third-order valence-electron chi connectivity index (χ3n) is 4.05. The second-order valence-corrected chi connectivity index (χ2v) is 12.3. The zero-order valence-corrected chi connectivity index (χ0v) is 12.9. The van der Waals surface area contributed by atoms with E-state index in [1.807, 2.05) is 0 Å². The van der Waals surface area contributed by atoms with E-state index in [2.05, 4.69) is 41.5 Å². The molecule has 0 aromatic carbocycles. The molecule has 0 aromatic heterocycles. The van der Waals surface area contributed by atoms with Crippen molar-refractivity contribution in [2.45, 2.75) is 82.8 Å². The summed E-state index contributed by atoms with van der Waals surface area (Å²) in [5.41, 5.74) is 0. The third kappa shape index (κ3) is 1.99. The molecule has 1 aliphatic carbocycles. The zero-order chi connectivity index (χ0) is 13.1. The first-order valence-electron chi connectivity index (χ1n) is 6.60. The molecule has 0 amide bonds. The standard InChI is InChI=1S/C13H26O3Si/c1-12(2,3)17(13(4,5)6)15-9-7-10(14)11(8-9)16-17/h9-11,14H,7-8H2,1-6H3/t9-,10-,11?/m0/s1. The summed E-state index contributed by atoms with van der Waals surface area (Å²) in [6.45, 7) is 13.3. The van der Waals surface area contributed by atoms with Crippen LogP contribution in [0, 0.1) is 0 Å². The highest BCUT2D eigenvalue weighted by Gasteiger charge is 2.64. The zero-order valence-electron chi connectivity index (χ0n) is 11.9. The van der Waals surface area contributed by atoms with Crippen molar-refractivity contribution in [2.75, 3.05) is 0 Å². The van der Waals surface area contributed by atoms with Gasteiger partial charge in [0.15, 0.2) is 0 Å². The normalized spacial score (nSPS) is 37.2. The Balaban J connectivity index is 2.38. The molecule has 2 fully saturated rings. The number of aliphatic hydroxyl groups is 1. The van der Waals surface area contributed by atoms with E-state index in [1.165, 1.54) is 0 Å². The molecule has 1 aliphatic heterocycles. The van der Waals surface area contributed by atoms with E-state index in [0.717, 1.165) is 12.8 Å². The van der Waals surface area contributed by atoms with Crippen molar-refractivity contribution in [3.05, 3.63) is 0 Å². The first-order chi connectivity index (χ1) is 7.57. The second kappa shape index (κ2) is 3.79. The fraction of sp³-hybridized carbons (Fsp3) is 1.00. The van der Waals surface area contributed by atoms with E-state index in [1.54, 1.807) is 0 Å². The van der Waals surface area contributed by atoms with E-state index in [-0.39, 0.29) is 28.4 Å². The maximum absolute atomic E-state index is 9.98. The van der Waals surface area contributed by atoms with Gasteiger partial charge < -0.3 is 14.0 Å². The van der Waals surface area contributed by atoms with Crippen molar-refractivity contribution in [1.82, 2.24) is 0 Å². The Hall–Kier alpha value is 0.0969. The lowest BCUT2D eigenvalue weighted by Crippen LogP contribution is -2.62. The van der Waals surface area contributed by atoms with Crippen LogP contribution in [0.3, 0.4) is 0 Å². The Morgan fingerprint density at radius 2 is 1.47 bits per heavy atom. The topological polar surface area (TPSA) is 38.7 Å². The van der Waals surface area contributed by atoms with Crippen LogP contribution in [0.25, 0.3) is 0 Å². The molecule has 2 aliphatic rings. The van der Waals surface area contributed by atoms with Gasteiger partial charge in [0.1, 0.15) is 0 Å². The van der Waals surface area contributed by atoms with Crippen molar-refractivity contribution in [3.8, 4) is 0 Å². The lowest BCUT2D eigenvalue weighted by molar-refractivity contribution is -0.00920. The predicted molar refractivity (Wildman–Crippen MR) is 70.2 cm³/mol. The van der Waals surface area contributed by atoms with Gasteiger partial charge in [-0.25, -0.2) is 0 Å². The minimum absolute atomic E-state index is 0.00105. The van der Waals surface area contributed by atoms with Crippen LogP contribution in [0.1, 0.15) is 54.4 Å². The monoisotopic (exact) mass is 258 g/mol. The van der Waals surface area contributed by atoms with Gasteiger partial charge in [-0.2, -0.15) is 0 Å². The van der Waals surface area contributed by atoms with Crippen LogP contribution < -0.4 is 0 Å². The highest BCUT2D eigenvalue weighted by molar-refractivity contribution is 6.73. The molecule has 0 spiro atoms. The smallest absolute Gasteiger partial charge is 0.349 e. The van der Waals surface area contributed by atoms with Crippen molar-refractivity contribution < 1.29 is 14.0 Å². The molecule has 1 unspecified atom stereocenters. The first kappa shape index (κ1) is 13.5. The van der Waals surface area contributed by atoms with Gasteiger partial charge >= 0.3 is 8.56 Å². The fourth-order valence-corrected chi connectivity index (χ4v) is 8.53. The fourth-order valence-electron chi connectivity index (χ4n) is 3.46.